The number of urea groups is 1. The van der Waals surface area contributed by atoms with Crippen LogP contribution in [0.4, 0.5) is 23.7 Å². The minimum atomic E-state index is -4.80. The molecule has 0 aliphatic heterocycles. The molecule has 0 spiro atoms. The number of nitrogens with one attached hydrogen (secondary N) is 1. The summed E-state index contributed by atoms with van der Waals surface area (Å²) in [6.07, 6.45) is -3.03. The minimum absolute atomic E-state index is 0.00484. The number of amides is 2. The molecule has 0 saturated carbocycles. The van der Waals surface area contributed by atoms with Crippen molar-refractivity contribution in [1.82, 2.24) is 4.90 Å². The summed E-state index contributed by atoms with van der Waals surface area (Å²) in [5.41, 5.74) is -0.00484. The number of ether oxygens (including phenoxy) is 1. The molecule has 0 aliphatic rings. The van der Waals surface area contributed by atoms with Gasteiger partial charge in [-0.3, -0.25) is 0 Å². The average molecular weight is 304 g/mol. The molecule has 0 fully saturated rings. The second-order valence-corrected chi connectivity index (χ2v) is 4.41. The lowest BCUT2D eigenvalue weighted by atomic mass is 10.3. The Kier molecular flexibility index (Phi) is 6.33. The predicted molar refractivity (Wildman–Crippen MR) is 74.3 cm³/mol. The van der Waals surface area contributed by atoms with E-state index in [4.69, 9.17) is 0 Å². The lowest BCUT2D eigenvalue weighted by Gasteiger charge is -2.22. The molecule has 0 saturated heterocycles. The highest BCUT2D eigenvalue weighted by atomic mass is 19.4. The number of rotatable bonds is 6. The van der Waals surface area contributed by atoms with E-state index in [-0.39, 0.29) is 5.69 Å². The predicted octanol–water partition coefficient (Wildman–Crippen LogP) is 4.24. The van der Waals surface area contributed by atoms with Gasteiger partial charge in [-0.15, -0.1) is 13.2 Å². The summed E-state index contributed by atoms with van der Waals surface area (Å²) in [6, 6.07) is 5.02. The van der Waals surface area contributed by atoms with Crippen molar-refractivity contribution in [2.24, 2.45) is 0 Å². The summed E-state index contributed by atoms with van der Waals surface area (Å²) in [6.45, 7) is 4.85. The van der Waals surface area contributed by atoms with Crippen molar-refractivity contribution in [3.8, 4) is 5.75 Å². The second-order valence-electron chi connectivity index (χ2n) is 4.41. The molecule has 1 aromatic rings. The Morgan fingerprint density at radius 3 is 2.52 bits per heavy atom. The van der Waals surface area contributed by atoms with Gasteiger partial charge in [-0.1, -0.05) is 25.5 Å². The third kappa shape index (κ3) is 5.93. The van der Waals surface area contributed by atoms with E-state index in [0.29, 0.717) is 13.1 Å². The quantitative estimate of drug-likeness (QED) is 0.854. The van der Waals surface area contributed by atoms with Gasteiger partial charge in [0.15, 0.2) is 5.75 Å². The molecule has 0 heterocycles. The number of anilines is 1. The molecular weight excluding hydrogens is 285 g/mol. The second kappa shape index (κ2) is 7.75. The van der Waals surface area contributed by atoms with Crippen molar-refractivity contribution in [3.05, 3.63) is 24.3 Å². The Morgan fingerprint density at radius 2 is 1.95 bits per heavy atom. The van der Waals surface area contributed by atoms with Crippen LogP contribution >= 0.6 is 0 Å². The fourth-order valence-corrected chi connectivity index (χ4v) is 1.73. The Labute approximate surface area is 121 Å². The first kappa shape index (κ1) is 17.1. The van der Waals surface area contributed by atoms with Crippen LogP contribution < -0.4 is 10.1 Å². The first-order valence-electron chi connectivity index (χ1n) is 6.78. The lowest BCUT2D eigenvalue weighted by molar-refractivity contribution is -0.274. The number of benzene rings is 1. The molecule has 7 heteroatoms. The minimum Gasteiger partial charge on any atom is -0.404 e. The van der Waals surface area contributed by atoms with E-state index in [0.717, 1.165) is 18.9 Å². The Balaban J connectivity index is 2.79. The molecule has 2 amide bonds. The number of halogens is 3. The average Bonchev–Trinajstić information content (AvgIpc) is 2.40. The molecular formula is C14H19F3N2O2. The number of unbranched alkanes of at least 4 members (excludes halogenated alkanes) is 1. The molecule has 0 bridgehead atoms. The van der Waals surface area contributed by atoms with Crippen LogP contribution in [0.2, 0.25) is 0 Å². The van der Waals surface area contributed by atoms with Crippen LogP contribution in [0.5, 0.6) is 5.75 Å². The van der Waals surface area contributed by atoms with Crippen LogP contribution in [-0.2, 0) is 0 Å². The summed E-state index contributed by atoms with van der Waals surface area (Å²) >= 11 is 0. The van der Waals surface area contributed by atoms with Gasteiger partial charge in [-0.2, -0.15) is 0 Å². The van der Waals surface area contributed by atoms with E-state index >= 15 is 0 Å². The van der Waals surface area contributed by atoms with Gasteiger partial charge in [0.2, 0.25) is 0 Å². The van der Waals surface area contributed by atoms with Crippen LogP contribution in [0.3, 0.4) is 0 Å². The third-order valence-electron chi connectivity index (χ3n) is 2.80. The molecule has 4 nitrogen and oxygen atoms in total. The molecule has 0 unspecified atom stereocenters. The first-order valence-corrected chi connectivity index (χ1v) is 6.78. The van der Waals surface area contributed by atoms with Crippen molar-refractivity contribution in [1.29, 1.82) is 0 Å². The Bertz CT molecular complexity index is 464. The summed E-state index contributed by atoms with van der Waals surface area (Å²) in [7, 11) is 0. The van der Waals surface area contributed by atoms with Gasteiger partial charge in [0, 0.05) is 13.1 Å². The van der Waals surface area contributed by atoms with Crippen LogP contribution in [0, 0.1) is 0 Å². The molecule has 1 N–H and O–H groups in total. The van der Waals surface area contributed by atoms with Crippen LogP contribution in [-0.4, -0.2) is 30.4 Å². The molecule has 21 heavy (non-hydrogen) atoms. The largest absolute Gasteiger partial charge is 0.573 e. The number of hydrogen-bond donors (Lipinski definition) is 1. The van der Waals surface area contributed by atoms with Crippen molar-refractivity contribution in [2.45, 2.75) is 33.1 Å². The van der Waals surface area contributed by atoms with Crippen molar-refractivity contribution >= 4 is 11.7 Å². The van der Waals surface area contributed by atoms with E-state index in [1.165, 1.54) is 23.1 Å². The van der Waals surface area contributed by atoms with Gasteiger partial charge in [0.1, 0.15) is 0 Å². The van der Waals surface area contributed by atoms with Crippen LogP contribution in [0.1, 0.15) is 26.7 Å². The SMILES string of the molecule is CCCCN(CC)C(=O)Nc1ccccc1OC(F)(F)F. The highest BCUT2D eigenvalue weighted by Crippen LogP contribution is 2.30. The summed E-state index contributed by atoms with van der Waals surface area (Å²) < 4.78 is 40.8. The number of carbonyl (C=O) groups excluding carboxylic acids is 1. The number of carbonyl (C=O) groups is 1. The van der Waals surface area contributed by atoms with Gasteiger partial charge in [0.25, 0.3) is 0 Å². The monoisotopic (exact) mass is 304 g/mol. The summed E-state index contributed by atoms with van der Waals surface area (Å²) in [5, 5.41) is 2.46. The van der Waals surface area contributed by atoms with E-state index in [2.05, 4.69) is 10.1 Å². The van der Waals surface area contributed by atoms with Crippen LogP contribution in [0.15, 0.2) is 24.3 Å². The third-order valence-corrected chi connectivity index (χ3v) is 2.80. The normalized spacial score (nSPS) is 11.1. The maximum atomic E-state index is 12.3. The number of para-hydroxylation sites is 2. The van der Waals surface area contributed by atoms with Gasteiger partial charge in [0.05, 0.1) is 5.69 Å². The topological polar surface area (TPSA) is 41.6 Å². The molecule has 0 aromatic heterocycles. The molecule has 0 radical (unpaired) electrons. The Morgan fingerprint density at radius 1 is 1.29 bits per heavy atom. The van der Waals surface area contributed by atoms with E-state index in [9.17, 15) is 18.0 Å². The fourth-order valence-electron chi connectivity index (χ4n) is 1.73. The van der Waals surface area contributed by atoms with E-state index < -0.39 is 18.1 Å². The first-order chi connectivity index (χ1) is 9.87. The van der Waals surface area contributed by atoms with Gasteiger partial charge in [-0.25, -0.2) is 4.79 Å². The van der Waals surface area contributed by atoms with Crippen LogP contribution in [0.25, 0.3) is 0 Å². The molecule has 1 rings (SSSR count). The fraction of sp³-hybridized carbons (Fsp3) is 0.500. The Hall–Kier alpha value is -1.92. The smallest absolute Gasteiger partial charge is 0.404 e. The van der Waals surface area contributed by atoms with E-state index in [1.54, 1.807) is 0 Å². The van der Waals surface area contributed by atoms with Crippen molar-refractivity contribution < 1.29 is 22.7 Å². The van der Waals surface area contributed by atoms with Gasteiger partial charge < -0.3 is 15.0 Å². The summed E-state index contributed by atoms with van der Waals surface area (Å²) in [4.78, 5) is 13.6. The number of nitrogens with zero attached hydrogens (tertiary/aromatic N) is 1. The van der Waals surface area contributed by atoms with E-state index in [1.807, 2.05) is 13.8 Å². The zero-order valence-corrected chi connectivity index (χ0v) is 12.0. The number of hydrogen-bond acceptors (Lipinski definition) is 2. The standard InChI is InChI=1S/C14H19F3N2O2/c1-3-5-10-19(4-2)13(20)18-11-8-6-7-9-12(11)21-14(15,16)17/h6-9H,3-5,10H2,1-2H3,(H,18,20). The van der Waals surface area contributed by atoms with Crippen molar-refractivity contribution in [2.75, 3.05) is 18.4 Å². The van der Waals surface area contributed by atoms with Gasteiger partial charge in [-0.05, 0) is 25.5 Å². The van der Waals surface area contributed by atoms with Crippen molar-refractivity contribution in [3.63, 3.8) is 0 Å². The summed E-state index contributed by atoms with van der Waals surface area (Å²) in [5.74, 6) is -0.426. The zero-order chi connectivity index (χ0) is 15.9. The maximum absolute atomic E-state index is 12.3. The highest BCUT2D eigenvalue weighted by molar-refractivity contribution is 5.90. The lowest BCUT2D eigenvalue weighted by Crippen LogP contribution is -2.35. The zero-order valence-electron chi connectivity index (χ0n) is 12.0. The number of alkyl halides is 3. The molecule has 0 atom stereocenters. The highest BCUT2D eigenvalue weighted by Gasteiger charge is 2.32. The molecule has 118 valence electrons. The maximum Gasteiger partial charge on any atom is 0.573 e. The molecule has 0 aliphatic carbocycles. The van der Waals surface area contributed by atoms with Gasteiger partial charge >= 0.3 is 12.4 Å². The molecule has 1 aromatic carbocycles.